The van der Waals surface area contributed by atoms with E-state index in [2.05, 4.69) is 87.4 Å². The molecule has 1 nitrogen and oxygen atoms in total. The van der Waals surface area contributed by atoms with Crippen molar-refractivity contribution < 1.29 is 0 Å². The maximum atomic E-state index is 3.55. The third kappa shape index (κ3) is 4.16. The highest BCUT2D eigenvalue weighted by Crippen LogP contribution is 2.20. The predicted molar refractivity (Wildman–Crippen MR) is 88.3 cm³/mol. The zero-order valence-electron chi connectivity index (χ0n) is 11.1. The molecule has 0 aliphatic rings. The molecule has 0 spiro atoms. The lowest BCUT2D eigenvalue weighted by Gasteiger charge is -2.15. The summed E-state index contributed by atoms with van der Waals surface area (Å²) in [6.45, 7) is 5.18. The van der Waals surface area contributed by atoms with E-state index in [1.165, 1.54) is 16.7 Å². The van der Waals surface area contributed by atoms with Crippen LogP contribution in [0.2, 0.25) is 0 Å². The topological polar surface area (TPSA) is 12.0 Å². The number of rotatable bonds is 4. The van der Waals surface area contributed by atoms with Gasteiger partial charge >= 0.3 is 0 Å². The van der Waals surface area contributed by atoms with E-state index < -0.39 is 0 Å². The molecule has 0 heterocycles. The molecule has 0 saturated carbocycles. The highest BCUT2D eigenvalue weighted by Gasteiger charge is 2.05. The summed E-state index contributed by atoms with van der Waals surface area (Å²) < 4.78 is 2.29. The largest absolute Gasteiger partial charge is 0.306 e. The van der Waals surface area contributed by atoms with Crippen LogP contribution in [0.25, 0.3) is 0 Å². The second kappa shape index (κ2) is 6.69. The van der Waals surface area contributed by atoms with Gasteiger partial charge in [0.05, 0.1) is 0 Å². The third-order valence-electron chi connectivity index (χ3n) is 3.18. The van der Waals surface area contributed by atoms with Gasteiger partial charge in [-0.15, -0.1) is 0 Å². The second-order valence-electron chi connectivity index (χ2n) is 4.74. The van der Waals surface area contributed by atoms with E-state index >= 15 is 0 Å². The number of hydrogen-bond acceptors (Lipinski definition) is 1. The number of halogens is 2. The van der Waals surface area contributed by atoms with Gasteiger partial charge in [-0.25, -0.2) is 0 Å². The quantitative estimate of drug-likeness (QED) is 0.749. The lowest BCUT2D eigenvalue weighted by molar-refractivity contribution is 0.574. The summed E-state index contributed by atoms with van der Waals surface area (Å²) >= 11 is 7.04. The minimum Gasteiger partial charge on any atom is -0.306 e. The molecular weight excluding hydrogens is 366 g/mol. The predicted octanol–water partition coefficient (Wildman–Crippen LogP) is 5.37. The normalized spacial score (nSPS) is 12.4. The van der Waals surface area contributed by atoms with Crippen molar-refractivity contribution in [3.63, 3.8) is 0 Å². The van der Waals surface area contributed by atoms with Crippen LogP contribution >= 0.6 is 31.9 Å². The highest BCUT2D eigenvalue weighted by molar-refractivity contribution is 9.10. The summed E-state index contributed by atoms with van der Waals surface area (Å²) in [5.74, 6) is 0. The molecule has 0 saturated heterocycles. The molecule has 3 heteroatoms. The molecular formula is C16H17Br2N. The Balaban J connectivity index is 2.00. The molecule has 0 aromatic heterocycles. The number of benzene rings is 2. The molecule has 2 aromatic rings. The average Bonchev–Trinajstić information content (AvgIpc) is 2.40. The Bertz CT molecular complexity index is 566. The molecule has 2 rings (SSSR count). The first-order chi connectivity index (χ1) is 9.06. The van der Waals surface area contributed by atoms with Crippen LogP contribution in [0.15, 0.2) is 51.4 Å². The van der Waals surface area contributed by atoms with Crippen LogP contribution in [0.1, 0.15) is 29.7 Å². The number of aryl methyl sites for hydroxylation is 1. The van der Waals surface area contributed by atoms with Crippen molar-refractivity contribution in [2.24, 2.45) is 0 Å². The summed E-state index contributed by atoms with van der Waals surface area (Å²) in [6.07, 6.45) is 0. The lowest BCUT2D eigenvalue weighted by Crippen LogP contribution is -2.18. The minimum atomic E-state index is 0.335. The fourth-order valence-electron chi connectivity index (χ4n) is 1.98. The van der Waals surface area contributed by atoms with Gasteiger partial charge < -0.3 is 5.32 Å². The summed E-state index contributed by atoms with van der Waals surface area (Å²) in [4.78, 5) is 0. The van der Waals surface area contributed by atoms with E-state index in [9.17, 15) is 0 Å². The Morgan fingerprint density at radius 2 is 1.89 bits per heavy atom. The monoisotopic (exact) mass is 381 g/mol. The minimum absolute atomic E-state index is 0.335. The van der Waals surface area contributed by atoms with E-state index in [1.807, 2.05) is 6.07 Å². The maximum Gasteiger partial charge on any atom is 0.0295 e. The fourth-order valence-corrected chi connectivity index (χ4v) is 2.65. The molecule has 0 radical (unpaired) electrons. The Morgan fingerprint density at radius 3 is 2.58 bits per heavy atom. The van der Waals surface area contributed by atoms with Gasteiger partial charge in [0.25, 0.3) is 0 Å². The third-order valence-corrected chi connectivity index (χ3v) is 4.57. The molecule has 0 amide bonds. The molecule has 100 valence electrons. The van der Waals surface area contributed by atoms with Gasteiger partial charge in [0, 0.05) is 21.5 Å². The summed E-state index contributed by atoms with van der Waals surface area (Å²) in [6, 6.07) is 15.2. The van der Waals surface area contributed by atoms with Crippen LogP contribution in [-0.2, 0) is 6.54 Å². The van der Waals surface area contributed by atoms with Gasteiger partial charge in [-0.05, 0) is 48.7 Å². The van der Waals surface area contributed by atoms with Crippen molar-refractivity contribution >= 4 is 31.9 Å². The molecule has 1 atom stereocenters. The molecule has 0 bridgehead atoms. The zero-order chi connectivity index (χ0) is 13.8. The van der Waals surface area contributed by atoms with Gasteiger partial charge in [-0.3, -0.25) is 0 Å². The van der Waals surface area contributed by atoms with E-state index in [0.717, 1.165) is 15.5 Å². The number of hydrogen-bond donors (Lipinski definition) is 1. The first-order valence-electron chi connectivity index (χ1n) is 6.30. The second-order valence-corrected chi connectivity index (χ2v) is 6.51. The highest BCUT2D eigenvalue weighted by atomic mass is 79.9. The number of nitrogens with one attached hydrogen (secondary N) is 1. The Hall–Kier alpha value is -0.640. The molecule has 0 aliphatic carbocycles. The van der Waals surface area contributed by atoms with E-state index in [0.29, 0.717) is 6.04 Å². The molecule has 1 N–H and O–H groups in total. The Labute approximate surface area is 131 Å². The smallest absolute Gasteiger partial charge is 0.0295 e. The van der Waals surface area contributed by atoms with E-state index in [1.54, 1.807) is 0 Å². The molecule has 0 unspecified atom stereocenters. The summed E-state index contributed by atoms with van der Waals surface area (Å²) in [7, 11) is 0. The summed E-state index contributed by atoms with van der Waals surface area (Å²) in [5.41, 5.74) is 3.88. The fraction of sp³-hybridized carbons (Fsp3) is 0.250. The Kier molecular flexibility index (Phi) is 5.20. The van der Waals surface area contributed by atoms with Crippen LogP contribution in [-0.4, -0.2) is 0 Å². The van der Waals surface area contributed by atoms with Crippen molar-refractivity contribution in [3.8, 4) is 0 Å². The zero-order valence-corrected chi connectivity index (χ0v) is 14.3. The van der Waals surface area contributed by atoms with Crippen LogP contribution in [0.5, 0.6) is 0 Å². The van der Waals surface area contributed by atoms with Crippen molar-refractivity contribution in [1.82, 2.24) is 5.32 Å². The standard InChI is InChI=1S/C16H17Br2N/c1-11-8-13(6-7-16(11)18)10-19-12(2)14-4-3-5-15(17)9-14/h3-9,12,19H,10H2,1-2H3/t12-/m1/s1. The molecule has 19 heavy (non-hydrogen) atoms. The van der Waals surface area contributed by atoms with E-state index in [-0.39, 0.29) is 0 Å². The summed E-state index contributed by atoms with van der Waals surface area (Å²) in [5, 5.41) is 3.55. The van der Waals surface area contributed by atoms with Crippen molar-refractivity contribution in [2.45, 2.75) is 26.4 Å². The lowest BCUT2D eigenvalue weighted by atomic mass is 10.1. The van der Waals surface area contributed by atoms with Crippen LogP contribution in [0, 0.1) is 6.92 Å². The van der Waals surface area contributed by atoms with Crippen molar-refractivity contribution in [2.75, 3.05) is 0 Å². The van der Waals surface area contributed by atoms with Gasteiger partial charge in [0.1, 0.15) is 0 Å². The van der Waals surface area contributed by atoms with Crippen LogP contribution in [0.3, 0.4) is 0 Å². The molecule has 0 aliphatic heterocycles. The maximum absolute atomic E-state index is 3.55. The van der Waals surface area contributed by atoms with Gasteiger partial charge in [-0.1, -0.05) is 56.1 Å². The van der Waals surface area contributed by atoms with Gasteiger partial charge in [0.15, 0.2) is 0 Å². The van der Waals surface area contributed by atoms with E-state index in [4.69, 9.17) is 0 Å². The molecule has 0 fully saturated rings. The first kappa shape index (κ1) is 14.8. The Morgan fingerprint density at radius 1 is 1.11 bits per heavy atom. The first-order valence-corrected chi connectivity index (χ1v) is 7.89. The van der Waals surface area contributed by atoms with Gasteiger partial charge in [-0.2, -0.15) is 0 Å². The SMILES string of the molecule is Cc1cc(CN[C@H](C)c2cccc(Br)c2)ccc1Br. The average molecular weight is 383 g/mol. The van der Waals surface area contributed by atoms with Crippen molar-refractivity contribution in [3.05, 3.63) is 68.1 Å². The molecule has 2 aromatic carbocycles. The van der Waals surface area contributed by atoms with Crippen molar-refractivity contribution in [1.29, 1.82) is 0 Å². The van der Waals surface area contributed by atoms with Crippen LogP contribution < -0.4 is 5.32 Å². The van der Waals surface area contributed by atoms with Crippen LogP contribution in [0.4, 0.5) is 0 Å². The van der Waals surface area contributed by atoms with Gasteiger partial charge in [0.2, 0.25) is 0 Å².